The van der Waals surface area contributed by atoms with Crippen LogP contribution in [0.1, 0.15) is 0 Å². The second kappa shape index (κ2) is 35.2. The van der Waals surface area contributed by atoms with Crippen LogP contribution in [0, 0.1) is 0 Å². The predicted molar refractivity (Wildman–Crippen MR) is 607 cm³/mol. The summed E-state index contributed by atoms with van der Waals surface area (Å²) in [5, 5.41) is 31.0. The molecule has 0 aliphatic rings. The van der Waals surface area contributed by atoms with Gasteiger partial charge in [-0.15, -0.1) is 22.7 Å². The molecule has 0 radical (unpaired) electrons. The highest BCUT2D eigenvalue weighted by molar-refractivity contribution is 7.26. The minimum Gasteiger partial charge on any atom is -0.456 e. The van der Waals surface area contributed by atoms with Gasteiger partial charge in [-0.2, -0.15) is 0 Å². The summed E-state index contributed by atoms with van der Waals surface area (Å²) < 4.78 is 11.6. The molecule has 0 bridgehead atoms. The maximum absolute atomic E-state index is 6.39. The molecule has 6 aromatic heterocycles. The van der Waals surface area contributed by atoms with Crippen molar-refractivity contribution >= 4 is 193 Å². The number of rotatable bonds is 11. The normalized spacial score (nSPS) is 11.7. The number of hydrogen-bond donors (Lipinski definition) is 0. The van der Waals surface area contributed by atoms with Crippen LogP contribution in [0.2, 0.25) is 0 Å². The average Bonchev–Trinajstić information content (AvgIpc) is 1.61. The summed E-state index contributed by atoms with van der Waals surface area (Å²) in [6.07, 6.45) is 0. The van der Waals surface area contributed by atoms with E-state index in [-0.39, 0.29) is 0 Å². The number of nitrogens with zero attached hydrogens (tertiary/aromatic N) is 9. The second-order valence-electron chi connectivity index (χ2n) is 36.8. The Kier molecular flexibility index (Phi) is 20.4. The first-order valence-electron chi connectivity index (χ1n) is 48.7. The molecule has 0 amide bonds. The van der Waals surface area contributed by atoms with Crippen LogP contribution in [-0.4, -0.2) is 44.9 Å². The van der Waals surface area contributed by atoms with Gasteiger partial charge in [-0.25, -0.2) is 44.9 Å². The monoisotopic (exact) mass is 1880 g/mol. The zero-order chi connectivity index (χ0) is 95.5. The van der Waals surface area contributed by atoms with E-state index in [1.165, 1.54) is 133 Å². The van der Waals surface area contributed by atoms with E-state index in [0.29, 0.717) is 52.4 Å². The van der Waals surface area contributed by atoms with Gasteiger partial charge in [-0.1, -0.05) is 419 Å². The summed E-state index contributed by atoms with van der Waals surface area (Å²) in [6.45, 7) is 0. The van der Waals surface area contributed by atoms with Crippen molar-refractivity contribution in [3.05, 3.63) is 479 Å². The van der Waals surface area contributed by atoms with E-state index in [4.69, 9.17) is 49.3 Å². The first-order chi connectivity index (χ1) is 71.8. The Balaban J connectivity index is 0.000000106. The largest absolute Gasteiger partial charge is 0.456 e. The smallest absolute Gasteiger partial charge is 0.165 e. The Morgan fingerprint density at radius 2 is 0.441 bits per heavy atom. The minimum absolute atomic E-state index is 0.618. The average molecular weight is 1880 g/mol. The predicted octanol–water partition coefficient (Wildman–Crippen LogP) is 36.1. The summed E-state index contributed by atoms with van der Waals surface area (Å²) in [5.74, 6) is 5.81. The van der Waals surface area contributed by atoms with Gasteiger partial charge in [0, 0.05) is 101 Å². The summed E-state index contributed by atoms with van der Waals surface area (Å²) in [7, 11) is 0. The highest BCUT2D eigenvalue weighted by Gasteiger charge is 2.27. The molecule has 0 saturated heterocycles. The van der Waals surface area contributed by atoms with E-state index in [1.807, 2.05) is 108 Å². The van der Waals surface area contributed by atoms with Crippen molar-refractivity contribution in [2.45, 2.75) is 0 Å². The first kappa shape index (κ1) is 84.2. The molecule has 24 aromatic carbocycles. The third-order valence-electron chi connectivity index (χ3n) is 28.3. The van der Waals surface area contributed by atoms with Crippen LogP contribution >= 0.6 is 22.7 Å². The van der Waals surface area contributed by atoms with Gasteiger partial charge in [-0.05, 0) is 191 Å². The van der Waals surface area contributed by atoms with E-state index in [1.54, 1.807) is 0 Å². The Bertz CT molecular complexity index is 10200. The van der Waals surface area contributed by atoms with Crippen LogP contribution in [0.25, 0.3) is 295 Å². The maximum Gasteiger partial charge on any atom is 0.165 e. The molecule has 30 rings (SSSR count). The SMILES string of the molecule is c1ccc(-c2nc(-c3ccc4c(ccc5c6ccccc6ccc45)c3)nc(-c3c4ccccc4cc4oc5ccccc5c34)n2)cc1.c1ccc(-c2nc(-c3ccc4ccccc4c3)nc(-c3ccc(-c4c5ccccc5cc5sc6ccccc6c45)c4ccccc34)n2)cc1.c1ccc(-c2nc(-c3ccc4ccccc4c3)nc(-c3cccc4c(-c5c6ccccc6cc6sc7ccccc7c56)cccc34)n2)cc1. The quantitative estimate of drug-likeness (QED) is 0.115. The molecule has 0 aliphatic carbocycles. The molecular formula is C133H79N9OS2. The van der Waals surface area contributed by atoms with Crippen LogP contribution < -0.4 is 0 Å². The van der Waals surface area contributed by atoms with Crippen molar-refractivity contribution in [1.82, 2.24) is 44.9 Å². The molecule has 0 atom stereocenters. The summed E-state index contributed by atoms with van der Waals surface area (Å²) >= 11 is 3.73. The van der Waals surface area contributed by atoms with Gasteiger partial charge in [-0.3, -0.25) is 0 Å². The summed E-state index contributed by atoms with van der Waals surface area (Å²) in [4.78, 5) is 46.1. The van der Waals surface area contributed by atoms with Gasteiger partial charge in [0.05, 0.1) is 0 Å². The van der Waals surface area contributed by atoms with E-state index >= 15 is 0 Å². The second-order valence-corrected chi connectivity index (χ2v) is 38.9. The molecular weight excluding hydrogens is 1800 g/mol. The van der Waals surface area contributed by atoms with Crippen molar-refractivity contribution in [3.8, 4) is 125 Å². The fourth-order valence-electron chi connectivity index (χ4n) is 21.5. The van der Waals surface area contributed by atoms with Gasteiger partial charge in [0.25, 0.3) is 0 Å². The van der Waals surface area contributed by atoms with E-state index in [0.717, 1.165) is 110 Å². The highest BCUT2D eigenvalue weighted by atomic mass is 32.1. The first-order valence-corrected chi connectivity index (χ1v) is 50.3. The number of aromatic nitrogens is 9. The standard InChI is InChI=1S/2C45H27N3S.C43H25N3O/c1-2-13-29(14-3-1)43-46-44(32-25-24-28-12-4-5-15-30(28)26-32)48-45(47-43)37-22-11-19-34-35(37)20-10-21-36(34)41-33-17-7-6-16-31(33)27-40-42(41)38-18-8-9-23-39(38)49-40;1-2-13-29(14-3-1)43-46-44(32-23-22-28-12-4-5-15-30(28)26-32)48-45(47-43)37-25-24-36(34-18-8-9-19-35(34)37)41-33-17-7-6-16-31(33)27-40-42(41)38-20-10-11-21-39(38)49-40;1-2-11-27(12-3-1)41-44-42(30-20-21-32-29(24-30)19-23-34-31-14-6-4-10-26(31)18-22-35(32)34)46-43(45-41)40-33-15-7-5-13-28(33)25-38-39(40)36-16-8-9-17-37(36)47-38/h2*1-27H;1-25H. The van der Waals surface area contributed by atoms with Gasteiger partial charge < -0.3 is 4.42 Å². The van der Waals surface area contributed by atoms with E-state index in [2.05, 4.69) is 394 Å². The third kappa shape index (κ3) is 14.9. The molecule has 30 aromatic rings. The lowest BCUT2D eigenvalue weighted by molar-refractivity contribution is 0.669. The van der Waals surface area contributed by atoms with Crippen LogP contribution in [0.5, 0.6) is 0 Å². The number of furan rings is 1. The lowest BCUT2D eigenvalue weighted by Gasteiger charge is -2.16. The van der Waals surface area contributed by atoms with Crippen molar-refractivity contribution in [1.29, 1.82) is 0 Å². The van der Waals surface area contributed by atoms with Crippen LogP contribution in [0.4, 0.5) is 0 Å². The number of fused-ring (bicyclic) bond motifs is 21. The number of para-hydroxylation sites is 1. The van der Waals surface area contributed by atoms with Crippen LogP contribution in [0.15, 0.2) is 484 Å². The molecule has 10 nitrogen and oxygen atoms in total. The third-order valence-corrected chi connectivity index (χ3v) is 30.5. The zero-order valence-electron chi connectivity index (χ0n) is 77.9. The number of hydrogen-bond acceptors (Lipinski definition) is 12. The number of thiophene rings is 2. The van der Waals surface area contributed by atoms with Gasteiger partial charge in [0.1, 0.15) is 11.2 Å². The molecule has 6 heterocycles. The molecule has 0 fully saturated rings. The summed E-state index contributed by atoms with van der Waals surface area (Å²) in [6, 6.07) is 169. The van der Waals surface area contributed by atoms with Crippen molar-refractivity contribution in [2.24, 2.45) is 0 Å². The molecule has 12 heteroatoms. The van der Waals surface area contributed by atoms with Crippen molar-refractivity contribution in [3.63, 3.8) is 0 Å². The molecule has 0 N–H and O–H groups in total. The van der Waals surface area contributed by atoms with Gasteiger partial charge >= 0.3 is 0 Å². The minimum atomic E-state index is 0.618. The Labute approximate surface area is 839 Å². The molecule has 145 heavy (non-hydrogen) atoms. The maximum atomic E-state index is 6.39. The van der Waals surface area contributed by atoms with Crippen LogP contribution in [-0.2, 0) is 0 Å². The topological polar surface area (TPSA) is 129 Å². The zero-order valence-corrected chi connectivity index (χ0v) is 79.5. The summed E-state index contributed by atoms with van der Waals surface area (Å²) in [5.41, 5.74) is 15.2. The van der Waals surface area contributed by atoms with Gasteiger partial charge in [0.2, 0.25) is 0 Å². The lowest BCUT2D eigenvalue weighted by Crippen LogP contribution is -2.01. The highest BCUT2D eigenvalue weighted by Crippen LogP contribution is 2.51. The van der Waals surface area contributed by atoms with E-state index in [9.17, 15) is 0 Å². The fraction of sp³-hybridized carbons (Fsp3) is 0. The molecule has 0 saturated carbocycles. The molecule has 0 spiro atoms. The Morgan fingerprint density at radius 3 is 0.945 bits per heavy atom. The lowest BCUT2D eigenvalue weighted by atomic mass is 9.89. The molecule has 0 unspecified atom stereocenters. The van der Waals surface area contributed by atoms with E-state index < -0.39 is 0 Å². The molecule has 0 aliphatic heterocycles. The number of benzene rings is 24. The Morgan fingerprint density at radius 1 is 0.138 bits per heavy atom. The van der Waals surface area contributed by atoms with Gasteiger partial charge in [0.15, 0.2) is 52.4 Å². The fourth-order valence-corrected chi connectivity index (χ4v) is 23.8. The van der Waals surface area contributed by atoms with Crippen molar-refractivity contribution in [2.75, 3.05) is 0 Å². The Hall–Kier alpha value is -18.9. The van der Waals surface area contributed by atoms with Crippen molar-refractivity contribution < 1.29 is 4.42 Å². The van der Waals surface area contributed by atoms with Crippen LogP contribution in [0.3, 0.4) is 0 Å². The molecule has 674 valence electrons.